The summed E-state index contributed by atoms with van der Waals surface area (Å²) in [5.41, 5.74) is -2.90. The summed E-state index contributed by atoms with van der Waals surface area (Å²) in [5.74, 6) is 0. The van der Waals surface area contributed by atoms with Gasteiger partial charge in [-0.15, -0.1) is 0 Å². The molecule has 0 aliphatic rings. The maximum absolute atomic E-state index is 12.3. The van der Waals surface area contributed by atoms with Crippen molar-refractivity contribution < 1.29 is 18.0 Å². The lowest BCUT2D eigenvalue weighted by molar-refractivity contribution is -0.0328. The van der Waals surface area contributed by atoms with Crippen molar-refractivity contribution in [1.82, 2.24) is 5.32 Å². The number of anilines is 1. The van der Waals surface area contributed by atoms with E-state index in [0.717, 1.165) is 12.0 Å². The van der Waals surface area contributed by atoms with Gasteiger partial charge in [0.1, 0.15) is 0 Å². The molecule has 2 aromatic rings. The normalized spacial score (nSPS) is 12.5. The van der Waals surface area contributed by atoms with Crippen LogP contribution in [0.15, 0.2) is 59.5 Å². The van der Waals surface area contributed by atoms with Crippen molar-refractivity contribution in [3.63, 3.8) is 0 Å². The Kier molecular flexibility index (Phi) is 6.14. The number of hydrogen-bond donors (Lipinski definition) is 2. The lowest BCUT2D eigenvalue weighted by atomic mass is 10.1. The molecule has 0 spiro atoms. The van der Waals surface area contributed by atoms with Crippen molar-refractivity contribution in [2.24, 2.45) is 0 Å². The smallest absolute Gasteiger partial charge is 0.331 e. The van der Waals surface area contributed by atoms with Crippen LogP contribution in [0.25, 0.3) is 0 Å². The van der Waals surface area contributed by atoms with Crippen LogP contribution < -0.4 is 10.6 Å². The molecule has 2 aromatic carbocycles. The molecule has 1 atom stereocenters. The molecule has 0 fully saturated rings. The number of hydrogen-bond acceptors (Lipinski definition) is 2. The van der Waals surface area contributed by atoms with Crippen LogP contribution >= 0.6 is 11.8 Å². The molecular weight excluding hydrogens is 337 g/mol. The van der Waals surface area contributed by atoms with Crippen LogP contribution in [0.3, 0.4) is 0 Å². The molecule has 0 saturated carbocycles. The SMILES string of the molecule is CCC(NC(=O)Nc1ccc(SC(F)(F)F)cc1)c1ccccc1. The van der Waals surface area contributed by atoms with E-state index in [4.69, 9.17) is 0 Å². The molecule has 0 heterocycles. The van der Waals surface area contributed by atoms with Gasteiger partial charge in [0.2, 0.25) is 0 Å². The highest BCUT2D eigenvalue weighted by Crippen LogP contribution is 2.37. The number of halogens is 3. The van der Waals surface area contributed by atoms with Gasteiger partial charge in [-0.1, -0.05) is 37.3 Å². The summed E-state index contributed by atoms with van der Waals surface area (Å²) >= 11 is -0.188. The first-order valence-electron chi connectivity index (χ1n) is 7.35. The topological polar surface area (TPSA) is 41.1 Å². The monoisotopic (exact) mass is 354 g/mol. The maximum Gasteiger partial charge on any atom is 0.446 e. The molecule has 24 heavy (non-hydrogen) atoms. The first-order valence-corrected chi connectivity index (χ1v) is 8.17. The van der Waals surface area contributed by atoms with Gasteiger partial charge in [-0.2, -0.15) is 13.2 Å². The third-order valence-corrected chi connectivity index (χ3v) is 4.00. The predicted molar refractivity (Wildman–Crippen MR) is 90.0 cm³/mol. The number of rotatable bonds is 5. The van der Waals surface area contributed by atoms with E-state index in [9.17, 15) is 18.0 Å². The first kappa shape index (κ1) is 18.2. The average Bonchev–Trinajstić information content (AvgIpc) is 2.54. The number of carbonyl (C=O) groups is 1. The molecule has 3 nitrogen and oxygen atoms in total. The summed E-state index contributed by atoms with van der Waals surface area (Å²) in [7, 11) is 0. The zero-order valence-electron chi connectivity index (χ0n) is 12.9. The third-order valence-electron chi connectivity index (χ3n) is 3.26. The largest absolute Gasteiger partial charge is 0.446 e. The second kappa shape index (κ2) is 8.10. The molecule has 1 unspecified atom stereocenters. The quantitative estimate of drug-likeness (QED) is 0.689. The van der Waals surface area contributed by atoms with Crippen LogP contribution in [-0.4, -0.2) is 11.5 Å². The summed E-state index contributed by atoms with van der Waals surface area (Å²) in [6.07, 6.45) is 0.721. The summed E-state index contributed by atoms with van der Waals surface area (Å²) in [5, 5.41) is 5.48. The van der Waals surface area contributed by atoms with Crippen molar-refractivity contribution in [2.45, 2.75) is 29.8 Å². The highest BCUT2D eigenvalue weighted by molar-refractivity contribution is 8.00. The molecule has 0 saturated heterocycles. The fourth-order valence-electron chi connectivity index (χ4n) is 2.17. The number of urea groups is 1. The van der Waals surface area contributed by atoms with Gasteiger partial charge < -0.3 is 10.6 Å². The summed E-state index contributed by atoms with van der Waals surface area (Å²) < 4.78 is 36.8. The van der Waals surface area contributed by atoms with Crippen LogP contribution in [0, 0.1) is 0 Å². The van der Waals surface area contributed by atoms with Gasteiger partial charge in [-0.3, -0.25) is 0 Å². The van der Waals surface area contributed by atoms with Crippen molar-refractivity contribution in [2.75, 3.05) is 5.32 Å². The molecule has 0 aliphatic heterocycles. The Labute approximate surface area is 142 Å². The average molecular weight is 354 g/mol. The van der Waals surface area contributed by atoms with E-state index in [2.05, 4.69) is 10.6 Å². The molecular formula is C17H17F3N2OS. The molecule has 0 aromatic heterocycles. The molecule has 0 aliphatic carbocycles. The third kappa shape index (κ3) is 5.81. The van der Waals surface area contributed by atoms with Crippen LogP contribution in [0.1, 0.15) is 24.9 Å². The van der Waals surface area contributed by atoms with Crippen molar-refractivity contribution in [1.29, 1.82) is 0 Å². The van der Waals surface area contributed by atoms with Crippen molar-refractivity contribution in [3.05, 3.63) is 60.2 Å². The van der Waals surface area contributed by atoms with Gasteiger partial charge in [0, 0.05) is 10.6 Å². The highest BCUT2D eigenvalue weighted by Gasteiger charge is 2.29. The molecule has 0 bridgehead atoms. The summed E-state index contributed by atoms with van der Waals surface area (Å²) in [4.78, 5) is 12.1. The Morgan fingerprint density at radius 1 is 1.08 bits per heavy atom. The van der Waals surface area contributed by atoms with Crippen molar-refractivity contribution >= 4 is 23.5 Å². The summed E-state index contributed by atoms with van der Waals surface area (Å²) in [6, 6.07) is 14.5. The van der Waals surface area contributed by atoms with Gasteiger partial charge >= 0.3 is 11.5 Å². The number of carbonyl (C=O) groups excluding carboxylic acids is 1. The second-order valence-corrected chi connectivity index (χ2v) is 6.18. The summed E-state index contributed by atoms with van der Waals surface area (Å²) in [6.45, 7) is 1.96. The fraction of sp³-hybridized carbons (Fsp3) is 0.235. The molecule has 0 radical (unpaired) electrons. The number of thioether (sulfide) groups is 1. The van der Waals surface area contributed by atoms with Crippen LogP contribution in [0.4, 0.5) is 23.7 Å². The Hall–Kier alpha value is -2.15. The lowest BCUT2D eigenvalue weighted by Gasteiger charge is -2.18. The minimum Gasteiger partial charge on any atom is -0.331 e. The number of nitrogens with one attached hydrogen (secondary N) is 2. The maximum atomic E-state index is 12.3. The van der Waals surface area contributed by atoms with Gasteiger partial charge in [-0.25, -0.2) is 4.79 Å². The molecule has 2 rings (SSSR count). The van der Waals surface area contributed by atoms with Gasteiger partial charge in [0.25, 0.3) is 0 Å². The van der Waals surface area contributed by atoms with Crippen molar-refractivity contribution in [3.8, 4) is 0 Å². The zero-order valence-corrected chi connectivity index (χ0v) is 13.7. The van der Waals surface area contributed by atoms with Crippen LogP contribution in [0.2, 0.25) is 0 Å². The van der Waals surface area contributed by atoms with E-state index in [0.29, 0.717) is 5.69 Å². The van der Waals surface area contributed by atoms with Gasteiger partial charge in [0.15, 0.2) is 0 Å². The minimum absolute atomic E-state index is 0.0733. The van der Waals surface area contributed by atoms with E-state index in [-0.39, 0.29) is 22.7 Å². The van der Waals surface area contributed by atoms with Crippen LogP contribution in [-0.2, 0) is 0 Å². The lowest BCUT2D eigenvalue weighted by Crippen LogP contribution is -2.32. The fourth-order valence-corrected chi connectivity index (χ4v) is 2.71. The minimum atomic E-state index is -4.32. The number of alkyl halides is 3. The zero-order chi connectivity index (χ0) is 17.6. The standard InChI is InChI=1S/C17H17F3N2OS/c1-2-15(12-6-4-3-5-7-12)22-16(23)21-13-8-10-14(11-9-13)24-17(18,19)20/h3-11,15H,2H2,1H3,(H2,21,22,23). The highest BCUT2D eigenvalue weighted by atomic mass is 32.2. The van der Waals surface area contributed by atoms with Crippen LogP contribution in [0.5, 0.6) is 0 Å². The van der Waals surface area contributed by atoms with Gasteiger partial charge in [0.05, 0.1) is 6.04 Å². The molecule has 2 amide bonds. The Bertz CT molecular complexity index is 660. The number of benzene rings is 2. The van der Waals surface area contributed by atoms with E-state index >= 15 is 0 Å². The van der Waals surface area contributed by atoms with E-state index in [1.807, 2.05) is 37.3 Å². The van der Waals surface area contributed by atoms with E-state index in [1.165, 1.54) is 24.3 Å². The Balaban J connectivity index is 1.94. The number of amides is 2. The predicted octanol–water partition coefficient (Wildman–Crippen LogP) is 5.57. The molecule has 128 valence electrons. The van der Waals surface area contributed by atoms with Gasteiger partial charge in [-0.05, 0) is 48.0 Å². The van der Waals surface area contributed by atoms with E-state index < -0.39 is 11.5 Å². The van der Waals surface area contributed by atoms with E-state index in [1.54, 1.807) is 0 Å². The molecule has 2 N–H and O–H groups in total. The first-order chi connectivity index (χ1) is 11.4. The second-order valence-electron chi connectivity index (χ2n) is 5.04. The molecule has 7 heteroatoms. The Morgan fingerprint density at radius 3 is 2.25 bits per heavy atom. The Morgan fingerprint density at radius 2 is 1.71 bits per heavy atom.